The minimum Gasteiger partial charge on any atom is -0.395 e. The molecule has 0 bridgehead atoms. The zero-order valence-electron chi connectivity index (χ0n) is 12.4. The first-order chi connectivity index (χ1) is 8.61. The van der Waals surface area contributed by atoms with Gasteiger partial charge in [0.15, 0.2) is 0 Å². The molecular formula is C15H30N2O. The van der Waals surface area contributed by atoms with Crippen LogP contribution in [-0.4, -0.2) is 60.8 Å². The van der Waals surface area contributed by atoms with E-state index < -0.39 is 0 Å². The molecule has 1 atom stereocenters. The molecule has 1 aliphatic rings. The predicted molar refractivity (Wildman–Crippen MR) is 77.8 cm³/mol. The molecule has 1 heterocycles. The molecule has 0 aromatic heterocycles. The molecule has 1 saturated heterocycles. The van der Waals surface area contributed by atoms with Crippen molar-refractivity contribution in [2.75, 3.05) is 45.9 Å². The Morgan fingerprint density at radius 3 is 2.33 bits per heavy atom. The summed E-state index contributed by atoms with van der Waals surface area (Å²) in [5.41, 5.74) is 1.43. The SMILES string of the molecule is CC(C)=CCC[C@H](C)CN1CCN(CCO)CC1. The largest absolute Gasteiger partial charge is 0.395 e. The van der Waals surface area contributed by atoms with E-state index in [0.717, 1.165) is 38.6 Å². The van der Waals surface area contributed by atoms with E-state index in [1.54, 1.807) is 0 Å². The van der Waals surface area contributed by atoms with E-state index in [-0.39, 0.29) is 0 Å². The molecule has 1 aliphatic heterocycles. The smallest absolute Gasteiger partial charge is 0.0558 e. The lowest BCUT2D eigenvalue weighted by Gasteiger charge is -2.35. The fraction of sp³-hybridized carbons (Fsp3) is 0.867. The van der Waals surface area contributed by atoms with E-state index in [9.17, 15) is 0 Å². The third-order valence-electron chi connectivity index (χ3n) is 3.66. The minimum absolute atomic E-state index is 0.291. The molecule has 0 aromatic carbocycles. The number of hydrogen-bond donors (Lipinski definition) is 1. The van der Waals surface area contributed by atoms with Crippen LogP contribution in [0.25, 0.3) is 0 Å². The van der Waals surface area contributed by atoms with E-state index >= 15 is 0 Å². The van der Waals surface area contributed by atoms with Crippen molar-refractivity contribution >= 4 is 0 Å². The summed E-state index contributed by atoms with van der Waals surface area (Å²) in [6.45, 7) is 13.6. The van der Waals surface area contributed by atoms with Gasteiger partial charge < -0.3 is 10.0 Å². The Labute approximate surface area is 112 Å². The molecule has 18 heavy (non-hydrogen) atoms. The molecule has 106 valence electrons. The maximum absolute atomic E-state index is 8.91. The molecule has 3 nitrogen and oxygen atoms in total. The van der Waals surface area contributed by atoms with Crippen molar-refractivity contribution in [1.29, 1.82) is 0 Å². The van der Waals surface area contributed by atoms with Crippen LogP contribution in [0.15, 0.2) is 11.6 Å². The summed E-state index contributed by atoms with van der Waals surface area (Å²) in [6, 6.07) is 0. The van der Waals surface area contributed by atoms with E-state index in [1.165, 1.54) is 25.0 Å². The number of aliphatic hydroxyl groups is 1. The van der Waals surface area contributed by atoms with Gasteiger partial charge >= 0.3 is 0 Å². The first kappa shape index (κ1) is 15.7. The maximum atomic E-state index is 8.91. The number of allylic oxidation sites excluding steroid dienone is 2. The van der Waals surface area contributed by atoms with Crippen LogP contribution < -0.4 is 0 Å². The third kappa shape index (κ3) is 6.53. The van der Waals surface area contributed by atoms with Gasteiger partial charge in [-0.25, -0.2) is 0 Å². The van der Waals surface area contributed by atoms with Crippen molar-refractivity contribution in [1.82, 2.24) is 9.80 Å². The van der Waals surface area contributed by atoms with Crippen LogP contribution >= 0.6 is 0 Å². The summed E-state index contributed by atoms with van der Waals surface area (Å²) in [4.78, 5) is 4.92. The van der Waals surface area contributed by atoms with Crippen LogP contribution in [0.1, 0.15) is 33.6 Å². The highest BCUT2D eigenvalue weighted by molar-refractivity contribution is 4.92. The van der Waals surface area contributed by atoms with Crippen molar-refractivity contribution in [3.63, 3.8) is 0 Å². The second-order valence-corrected chi connectivity index (χ2v) is 5.83. The van der Waals surface area contributed by atoms with Gasteiger partial charge in [0.2, 0.25) is 0 Å². The van der Waals surface area contributed by atoms with Crippen LogP contribution in [0.2, 0.25) is 0 Å². The van der Waals surface area contributed by atoms with E-state index in [4.69, 9.17) is 5.11 Å². The van der Waals surface area contributed by atoms with E-state index in [1.807, 2.05) is 0 Å². The second-order valence-electron chi connectivity index (χ2n) is 5.83. The van der Waals surface area contributed by atoms with Crippen molar-refractivity contribution < 1.29 is 5.11 Å². The Morgan fingerprint density at radius 1 is 1.17 bits per heavy atom. The predicted octanol–water partition coefficient (Wildman–Crippen LogP) is 1.98. The van der Waals surface area contributed by atoms with Gasteiger partial charge in [-0.05, 0) is 32.6 Å². The first-order valence-corrected chi connectivity index (χ1v) is 7.30. The molecule has 1 fully saturated rings. The zero-order valence-corrected chi connectivity index (χ0v) is 12.4. The van der Waals surface area contributed by atoms with Gasteiger partial charge in [-0.2, -0.15) is 0 Å². The van der Waals surface area contributed by atoms with Gasteiger partial charge in [0, 0.05) is 39.3 Å². The topological polar surface area (TPSA) is 26.7 Å². The van der Waals surface area contributed by atoms with Crippen LogP contribution in [0.4, 0.5) is 0 Å². The Kier molecular flexibility index (Phi) is 7.56. The second kappa shape index (κ2) is 8.68. The molecule has 0 radical (unpaired) electrons. The number of hydrogen-bond acceptors (Lipinski definition) is 3. The van der Waals surface area contributed by atoms with Gasteiger partial charge in [-0.3, -0.25) is 4.90 Å². The molecular weight excluding hydrogens is 224 g/mol. The molecule has 0 amide bonds. The Morgan fingerprint density at radius 2 is 1.78 bits per heavy atom. The summed E-state index contributed by atoms with van der Waals surface area (Å²) in [5.74, 6) is 0.782. The molecule has 0 unspecified atom stereocenters. The number of piperazine rings is 1. The van der Waals surface area contributed by atoms with Crippen LogP contribution in [0, 0.1) is 5.92 Å². The molecule has 1 rings (SSSR count). The van der Waals surface area contributed by atoms with E-state index in [0.29, 0.717) is 6.61 Å². The van der Waals surface area contributed by atoms with Crippen molar-refractivity contribution in [3.05, 3.63) is 11.6 Å². The highest BCUT2D eigenvalue weighted by atomic mass is 16.3. The maximum Gasteiger partial charge on any atom is 0.0558 e. The lowest BCUT2D eigenvalue weighted by atomic mass is 10.0. The first-order valence-electron chi connectivity index (χ1n) is 7.30. The average Bonchev–Trinajstić information content (AvgIpc) is 2.31. The standard InChI is InChI=1S/C15H30N2O/c1-14(2)5-4-6-15(3)13-17-9-7-16(8-10-17)11-12-18/h5,15,18H,4,6-13H2,1-3H3/t15-/m0/s1. The zero-order chi connectivity index (χ0) is 13.4. The fourth-order valence-corrected chi connectivity index (χ4v) is 2.53. The van der Waals surface area contributed by atoms with Gasteiger partial charge in [0.05, 0.1) is 6.61 Å². The van der Waals surface area contributed by atoms with Crippen LogP contribution in [0.3, 0.4) is 0 Å². The normalized spacial score (nSPS) is 19.8. The average molecular weight is 254 g/mol. The van der Waals surface area contributed by atoms with Crippen LogP contribution in [-0.2, 0) is 0 Å². The Balaban J connectivity index is 2.14. The number of aliphatic hydroxyl groups excluding tert-OH is 1. The van der Waals surface area contributed by atoms with Gasteiger partial charge in [0.1, 0.15) is 0 Å². The van der Waals surface area contributed by atoms with Gasteiger partial charge in [-0.15, -0.1) is 0 Å². The lowest BCUT2D eigenvalue weighted by Crippen LogP contribution is -2.48. The minimum atomic E-state index is 0.291. The monoisotopic (exact) mass is 254 g/mol. The van der Waals surface area contributed by atoms with Crippen molar-refractivity contribution in [3.8, 4) is 0 Å². The molecule has 0 saturated carbocycles. The quantitative estimate of drug-likeness (QED) is 0.704. The molecule has 1 N–H and O–H groups in total. The highest BCUT2D eigenvalue weighted by Gasteiger charge is 2.17. The molecule has 0 spiro atoms. The summed E-state index contributed by atoms with van der Waals surface area (Å²) in [7, 11) is 0. The van der Waals surface area contributed by atoms with Crippen molar-refractivity contribution in [2.24, 2.45) is 5.92 Å². The summed E-state index contributed by atoms with van der Waals surface area (Å²) in [6.07, 6.45) is 4.85. The Hall–Kier alpha value is -0.380. The number of nitrogens with zero attached hydrogens (tertiary/aromatic N) is 2. The lowest BCUT2D eigenvalue weighted by molar-refractivity contribution is 0.102. The van der Waals surface area contributed by atoms with Gasteiger partial charge in [0.25, 0.3) is 0 Å². The summed E-state index contributed by atoms with van der Waals surface area (Å²) in [5, 5.41) is 8.91. The van der Waals surface area contributed by atoms with Crippen molar-refractivity contribution in [2.45, 2.75) is 33.6 Å². The summed E-state index contributed by atoms with van der Waals surface area (Å²) < 4.78 is 0. The molecule has 0 aliphatic carbocycles. The molecule has 0 aromatic rings. The number of rotatable bonds is 7. The molecule has 3 heteroatoms. The number of β-amino-alcohol motifs (C(OH)–C–C–N with tert-alkyl or cyclic N) is 1. The third-order valence-corrected chi connectivity index (χ3v) is 3.66. The Bertz CT molecular complexity index is 241. The van der Waals surface area contributed by atoms with E-state index in [2.05, 4.69) is 36.6 Å². The highest BCUT2D eigenvalue weighted by Crippen LogP contribution is 2.11. The van der Waals surface area contributed by atoms with Gasteiger partial charge in [-0.1, -0.05) is 18.6 Å². The van der Waals surface area contributed by atoms with Crippen LogP contribution in [0.5, 0.6) is 0 Å². The summed E-state index contributed by atoms with van der Waals surface area (Å²) >= 11 is 0. The fourth-order valence-electron chi connectivity index (χ4n) is 2.53.